The van der Waals surface area contributed by atoms with Gasteiger partial charge in [-0.15, -0.1) is 0 Å². The molecule has 2 aromatic rings. The predicted molar refractivity (Wildman–Crippen MR) is 117 cm³/mol. The van der Waals surface area contributed by atoms with Crippen LogP contribution in [-0.4, -0.2) is 63.2 Å². The molecule has 0 aliphatic carbocycles. The van der Waals surface area contributed by atoms with E-state index < -0.39 is 36.0 Å². The molecule has 11 nitrogen and oxygen atoms in total. The van der Waals surface area contributed by atoms with Gasteiger partial charge in [0.1, 0.15) is 12.1 Å². The van der Waals surface area contributed by atoms with Gasteiger partial charge in [-0.1, -0.05) is 24.6 Å². The van der Waals surface area contributed by atoms with Gasteiger partial charge in [-0.25, -0.2) is 4.79 Å². The minimum absolute atomic E-state index is 0. The summed E-state index contributed by atoms with van der Waals surface area (Å²) in [6.45, 7) is 2.12. The second kappa shape index (κ2) is 14.1. The molecule has 0 fully saturated rings. The molecule has 0 aliphatic heterocycles. The highest BCUT2D eigenvalue weighted by atomic mass is 16.4. The minimum atomic E-state index is -1.08. The molecule has 0 unspecified atom stereocenters. The third kappa shape index (κ3) is 9.57. The molecule has 0 bridgehead atoms. The number of carboxylic acids is 2. The molecule has 3 atom stereocenters. The molecule has 31 heavy (non-hydrogen) atoms. The Bertz CT molecular complexity index is 838. The first-order chi connectivity index (χ1) is 14.2. The number of amides is 1. The van der Waals surface area contributed by atoms with Crippen LogP contribution in [0, 0.1) is 0 Å². The smallest absolute Gasteiger partial charge is 0.326 e. The Morgan fingerprint density at radius 2 is 1.74 bits per heavy atom. The summed E-state index contributed by atoms with van der Waals surface area (Å²) in [5.41, 5.74) is 17.6. The Morgan fingerprint density at radius 3 is 2.29 bits per heavy atom. The lowest BCUT2D eigenvalue weighted by molar-refractivity contribution is -0.142. The minimum Gasteiger partial charge on any atom is -0.480 e. The lowest BCUT2D eigenvalue weighted by Gasteiger charge is -2.15. The molecule has 1 aromatic heterocycles. The molecule has 11 heteroatoms. The standard InChI is InChI=1S/C14H17N3O3.C6H14N2O2.H2O/c1-8(15)13(18)17-12(14(19)20)6-9-7-16-11-5-3-2-4-10(9)11;7-4-2-1-3-5(8)6(9)10;/h2-5,7-8,12,16H,6,15H2,1H3,(H,17,18)(H,19,20);5H,1-4,7-8H2,(H,9,10);1H2/t8-,12-;5-;/m10./s1. The highest BCUT2D eigenvalue weighted by Crippen LogP contribution is 2.19. The number of aromatic amines is 1. The molecular formula is C20H33N5O6. The fraction of sp³-hybridized carbons (Fsp3) is 0.450. The zero-order valence-electron chi connectivity index (χ0n) is 17.5. The van der Waals surface area contributed by atoms with E-state index in [0.29, 0.717) is 13.0 Å². The number of H-pyrrole nitrogens is 1. The molecule has 1 aromatic carbocycles. The molecular weight excluding hydrogens is 406 g/mol. The van der Waals surface area contributed by atoms with E-state index in [-0.39, 0.29) is 11.9 Å². The number of carboxylic acid groups (broad SMARTS) is 2. The van der Waals surface area contributed by atoms with Crippen molar-refractivity contribution in [1.82, 2.24) is 10.3 Å². The molecule has 1 amide bonds. The van der Waals surface area contributed by atoms with Gasteiger partial charge in [-0.3, -0.25) is 9.59 Å². The van der Waals surface area contributed by atoms with Crippen LogP contribution in [0.5, 0.6) is 0 Å². The predicted octanol–water partition coefficient (Wildman–Crippen LogP) is -0.670. The molecule has 1 heterocycles. The number of rotatable bonds is 10. The van der Waals surface area contributed by atoms with Crippen molar-refractivity contribution in [2.24, 2.45) is 17.2 Å². The van der Waals surface area contributed by atoms with Crippen molar-refractivity contribution in [2.45, 2.75) is 50.7 Å². The Kier molecular flexibility index (Phi) is 12.7. The first kappa shape index (κ1) is 28.0. The Morgan fingerprint density at radius 1 is 1.10 bits per heavy atom. The SMILES string of the molecule is C[C@@H](N)C(=O)N[C@H](Cc1c[nH]c2ccccc12)C(=O)O.NCCCC[C@H](N)C(=O)O.O. The first-order valence-corrected chi connectivity index (χ1v) is 9.69. The monoisotopic (exact) mass is 439 g/mol. The van der Waals surface area contributed by atoms with Crippen molar-refractivity contribution in [3.8, 4) is 0 Å². The largest absolute Gasteiger partial charge is 0.480 e. The molecule has 0 aliphatic rings. The van der Waals surface area contributed by atoms with E-state index in [4.69, 9.17) is 22.3 Å². The number of unbranched alkanes of at least 4 members (excludes halogenated alkanes) is 1. The van der Waals surface area contributed by atoms with Crippen LogP contribution in [0.4, 0.5) is 0 Å². The fourth-order valence-corrected chi connectivity index (χ4v) is 2.66. The van der Waals surface area contributed by atoms with Gasteiger partial charge in [0.15, 0.2) is 0 Å². The van der Waals surface area contributed by atoms with Gasteiger partial charge >= 0.3 is 11.9 Å². The number of aliphatic carboxylic acids is 2. The average Bonchev–Trinajstić information content (AvgIpc) is 3.10. The maximum absolute atomic E-state index is 11.5. The quantitative estimate of drug-likeness (QED) is 0.234. The van der Waals surface area contributed by atoms with E-state index in [1.165, 1.54) is 6.92 Å². The van der Waals surface area contributed by atoms with Gasteiger partial charge in [0.05, 0.1) is 6.04 Å². The van der Waals surface area contributed by atoms with Gasteiger partial charge < -0.3 is 43.2 Å². The van der Waals surface area contributed by atoms with Gasteiger partial charge in [-0.2, -0.15) is 0 Å². The van der Waals surface area contributed by atoms with Crippen LogP contribution in [0.2, 0.25) is 0 Å². The highest BCUT2D eigenvalue weighted by molar-refractivity contribution is 5.88. The van der Waals surface area contributed by atoms with E-state index >= 15 is 0 Å². The molecule has 174 valence electrons. The van der Waals surface area contributed by atoms with Gasteiger partial charge in [-0.05, 0) is 37.9 Å². The number of para-hydroxylation sites is 1. The summed E-state index contributed by atoms with van der Waals surface area (Å²) in [7, 11) is 0. The van der Waals surface area contributed by atoms with E-state index in [0.717, 1.165) is 29.3 Å². The zero-order chi connectivity index (χ0) is 22.7. The van der Waals surface area contributed by atoms with Crippen molar-refractivity contribution in [1.29, 1.82) is 0 Å². The highest BCUT2D eigenvalue weighted by Gasteiger charge is 2.23. The van der Waals surface area contributed by atoms with Crippen molar-refractivity contribution in [2.75, 3.05) is 6.54 Å². The summed E-state index contributed by atoms with van der Waals surface area (Å²) < 4.78 is 0. The number of hydrogen-bond donors (Lipinski definition) is 7. The maximum atomic E-state index is 11.5. The number of nitrogens with two attached hydrogens (primary N) is 3. The van der Waals surface area contributed by atoms with E-state index in [1.54, 1.807) is 6.20 Å². The number of carbonyl (C=O) groups is 3. The number of carbonyl (C=O) groups excluding carboxylic acids is 1. The molecule has 12 N–H and O–H groups in total. The Balaban J connectivity index is 0.000000701. The molecule has 0 radical (unpaired) electrons. The maximum Gasteiger partial charge on any atom is 0.326 e. The van der Waals surface area contributed by atoms with Crippen LogP contribution in [0.3, 0.4) is 0 Å². The molecule has 0 saturated heterocycles. The van der Waals surface area contributed by atoms with Crippen molar-refractivity contribution < 1.29 is 30.1 Å². The number of fused-ring (bicyclic) bond motifs is 1. The van der Waals surface area contributed by atoms with Crippen LogP contribution in [0.1, 0.15) is 31.7 Å². The third-order valence-electron chi connectivity index (χ3n) is 4.41. The van der Waals surface area contributed by atoms with Crippen LogP contribution in [0.25, 0.3) is 10.9 Å². The molecule has 2 rings (SSSR count). The summed E-state index contributed by atoms with van der Waals surface area (Å²) in [6, 6.07) is 5.16. The fourth-order valence-electron chi connectivity index (χ4n) is 2.66. The normalized spacial score (nSPS) is 13.2. The Hall–Kier alpha value is -2.99. The van der Waals surface area contributed by atoms with Gasteiger partial charge in [0.25, 0.3) is 0 Å². The van der Waals surface area contributed by atoms with Crippen molar-refractivity contribution in [3.63, 3.8) is 0 Å². The molecule has 0 saturated carbocycles. The summed E-state index contributed by atoms with van der Waals surface area (Å²) >= 11 is 0. The van der Waals surface area contributed by atoms with Gasteiger partial charge in [0.2, 0.25) is 5.91 Å². The number of hydrogen-bond acceptors (Lipinski definition) is 6. The third-order valence-corrected chi connectivity index (χ3v) is 4.41. The lowest BCUT2D eigenvalue weighted by atomic mass is 10.0. The lowest BCUT2D eigenvalue weighted by Crippen LogP contribution is -2.48. The zero-order valence-corrected chi connectivity index (χ0v) is 17.5. The first-order valence-electron chi connectivity index (χ1n) is 9.69. The van der Waals surface area contributed by atoms with Crippen LogP contribution in [0.15, 0.2) is 30.5 Å². The summed E-state index contributed by atoms with van der Waals surface area (Å²) in [5, 5.41) is 20.9. The van der Waals surface area contributed by atoms with Crippen LogP contribution >= 0.6 is 0 Å². The van der Waals surface area contributed by atoms with Crippen LogP contribution < -0.4 is 22.5 Å². The van der Waals surface area contributed by atoms with Crippen molar-refractivity contribution in [3.05, 3.63) is 36.0 Å². The topological polar surface area (TPSA) is 229 Å². The van der Waals surface area contributed by atoms with E-state index in [9.17, 15) is 19.5 Å². The van der Waals surface area contributed by atoms with E-state index in [2.05, 4.69) is 10.3 Å². The van der Waals surface area contributed by atoms with Crippen molar-refractivity contribution >= 4 is 28.7 Å². The van der Waals surface area contributed by atoms with Gasteiger partial charge in [0, 0.05) is 23.5 Å². The summed E-state index contributed by atoms with van der Waals surface area (Å²) in [4.78, 5) is 36.0. The van der Waals surface area contributed by atoms with Crippen LogP contribution in [-0.2, 0) is 20.8 Å². The molecule has 0 spiro atoms. The second-order valence-corrected chi connectivity index (χ2v) is 6.98. The number of aromatic nitrogens is 1. The number of nitrogens with one attached hydrogen (secondary N) is 2. The van der Waals surface area contributed by atoms with E-state index in [1.807, 2.05) is 24.3 Å². The summed E-state index contributed by atoms with van der Waals surface area (Å²) in [5.74, 6) is -2.49. The summed E-state index contributed by atoms with van der Waals surface area (Å²) in [6.07, 6.45) is 4.13. The second-order valence-electron chi connectivity index (χ2n) is 6.98. The Labute approximate surface area is 180 Å². The average molecular weight is 440 g/mol. The number of benzene rings is 1.